The van der Waals surface area contributed by atoms with E-state index in [4.69, 9.17) is 0 Å². The Morgan fingerprint density at radius 3 is 2.56 bits per heavy atom. The zero-order chi connectivity index (χ0) is 22.8. The number of carbonyl (C=O) groups excluding carboxylic acids is 1. The van der Waals surface area contributed by atoms with Gasteiger partial charge in [-0.1, -0.05) is 39.8 Å². The summed E-state index contributed by atoms with van der Waals surface area (Å²) in [4.78, 5) is 18.4. The Bertz CT molecular complexity index is 1240. The Morgan fingerprint density at radius 2 is 1.91 bits per heavy atom. The molecule has 4 aromatic rings. The van der Waals surface area contributed by atoms with Crippen molar-refractivity contribution in [2.75, 3.05) is 11.1 Å². The number of rotatable bonds is 7. The van der Waals surface area contributed by atoms with E-state index in [1.54, 1.807) is 11.3 Å². The molecule has 1 aromatic carbocycles. The zero-order valence-electron chi connectivity index (χ0n) is 18.0. The monoisotopic (exact) mass is 547 g/mol. The summed E-state index contributed by atoms with van der Waals surface area (Å²) in [6, 6.07) is 8.11. The van der Waals surface area contributed by atoms with Gasteiger partial charge in [0.15, 0.2) is 16.1 Å². The van der Waals surface area contributed by atoms with Crippen LogP contribution in [0, 0.1) is 13.8 Å². The van der Waals surface area contributed by atoms with Gasteiger partial charge in [0.1, 0.15) is 0 Å². The number of carbonyl (C=O) groups is 1. The molecular weight excluding hydrogens is 526 g/mol. The van der Waals surface area contributed by atoms with E-state index in [2.05, 4.69) is 74.1 Å². The number of halogens is 1. The van der Waals surface area contributed by atoms with Gasteiger partial charge in [0, 0.05) is 37.3 Å². The Hall–Kier alpha value is -2.01. The fraction of sp³-hybridized carbons (Fsp3) is 0.273. The number of amides is 1. The van der Waals surface area contributed by atoms with Crippen LogP contribution < -0.4 is 5.32 Å². The number of hydrogen-bond acceptors (Lipinski definition) is 7. The molecule has 6 nitrogen and oxygen atoms in total. The summed E-state index contributed by atoms with van der Waals surface area (Å²) in [5, 5.41) is 17.1. The molecule has 32 heavy (non-hydrogen) atoms. The van der Waals surface area contributed by atoms with Crippen LogP contribution in [-0.4, -0.2) is 31.4 Å². The molecule has 0 saturated heterocycles. The highest BCUT2D eigenvalue weighted by molar-refractivity contribution is 9.10. The van der Waals surface area contributed by atoms with Gasteiger partial charge in [-0.05, 0) is 45.4 Å². The summed E-state index contributed by atoms with van der Waals surface area (Å²) in [6.45, 7) is 8.42. The fourth-order valence-electron chi connectivity index (χ4n) is 3.13. The van der Waals surface area contributed by atoms with Crippen LogP contribution in [0.3, 0.4) is 0 Å². The van der Waals surface area contributed by atoms with Crippen molar-refractivity contribution in [1.29, 1.82) is 0 Å². The summed E-state index contributed by atoms with van der Waals surface area (Å²) in [5.74, 6) is 0.970. The maximum Gasteiger partial charge on any atom is 0.236 e. The quantitative estimate of drug-likeness (QED) is 0.257. The molecule has 0 spiro atoms. The van der Waals surface area contributed by atoms with E-state index in [1.807, 2.05) is 29.6 Å². The van der Waals surface area contributed by atoms with Crippen molar-refractivity contribution < 1.29 is 4.79 Å². The molecular formula is C22H22BrN5OS3. The predicted octanol–water partition coefficient (Wildman–Crippen LogP) is 6.82. The third-order valence-corrected chi connectivity index (χ3v) is 8.17. The highest BCUT2D eigenvalue weighted by Gasteiger charge is 2.20. The Morgan fingerprint density at radius 1 is 1.16 bits per heavy atom. The van der Waals surface area contributed by atoms with Crippen molar-refractivity contribution in [2.24, 2.45) is 0 Å². The van der Waals surface area contributed by atoms with E-state index in [-0.39, 0.29) is 17.7 Å². The summed E-state index contributed by atoms with van der Waals surface area (Å²) < 4.78 is 3.12. The van der Waals surface area contributed by atoms with E-state index < -0.39 is 0 Å². The number of anilines is 1. The molecule has 0 unspecified atom stereocenters. The molecule has 0 bridgehead atoms. The maximum atomic E-state index is 12.6. The van der Waals surface area contributed by atoms with Crippen molar-refractivity contribution >= 4 is 61.4 Å². The van der Waals surface area contributed by atoms with Crippen LogP contribution in [0.5, 0.6) is 0 Å². The normalized spacial score (nSPS) is 11.3. The molecule has 166 valence electrons. The second-order valence-corrected chi connectivity index (χ2v) is 11.3. The van der Waals surface area contributed by atoms with Crippen LogP contribution in [0.1, 0.15) is 30.3 Å². The van der Waals surface area contributed by atoms with Crippen molar-refractivity contribution in [1.82, 2.24) is 19.7 Å². The van der Waals surface area contributed by atoms with Crippen LogP contribution in [0.4, 0.5) is 5.13 Å². The first-order valence-electron chi connectivity index (χ1n) is 9.97. The third kappa shape index (κ3) is 4.98. The molecule has 3 heterocycles. The lowest BCUT2D eigenvalue weighted by Gasteiger charge is -2.13. The number of hydrogen-bond donors (Lipinski definition) is 1. The minimum absolute atomic E-state index is 0.117. The molecule has 0 fully saturated rings. The number of aryl methyl sites for hydroxylation is 1. The van der Waals surface area contributed by atoms with E-state index in [0.29, 0.717) is 5.13 Å². The molecule has 4 rings (SSSR count). The number of nitrogens with one attached hydrogen (secondary N) is 1. The average Bonchev–Trinajstić information content (AvgIpc) is 3.47. The zero-order valence-corrected chi connectivity index (χ0v) is 22.1. The average molecular weight is 549 g/mol. The summed E-state index contributed by atoms with van der Waals surface area (Å²) in [5.41, 5.74) is 4.18. The van der Waals surface area contributed by atoms with Crippen molar-refractivity contribution in [2.45, 2.75) is 38.9 Å². The van der Waals surface area contributed by atoms with Gasteiger partial charge >= 0.3 is 0 Å². The number of thioether (sulfide) groups is 1. The first-order valence-corrected chi connectivity index (χ1v) is 13.5. The largest absolute Gasteiger partial charge is 0.301 e. The maximum absolute atomic E-state index is 12.6. The Kier molecular flexibility index (Phi) is 7.14. The van der Waals surface area contributed by atoms with Gasteiger partial charge in [-0.15, -0.1) is 32.9 Å². The van der Waals surface area contributed by atoms with E-state index in [1.165, 1.54) is 33.5 Å². The number of benzene rings is 1. The van der Waals surface area contributed by atoms with Crippen molar-refractivity contribution in [3.63, 3.8) is 0 Å². The van der Waals surface area contributed by atoms with Gasteiger partial charge < -0.3 is 5.32 Å². The van der Waals surface area contributed by atoms with Crippen molar-refractivity contribution in [3.8, 4) is 22.6 Å². The number of nitrogens with zero attached hydrogens (tertiary/aromatic N) is 4. The van der Waals surface area contributed by atoms with Gasteiger partial charge in [-0.25, -0.2) is 4.98 Å². The molecule has 3 aromatic heterocycles. The van der Waals surface area contributed by atoms with Crippen LogP contribution in [0.2, 0.25) is 0 Å². The van der Waals surface area contributed by atoms with Gasteiger partial charge in [0.2, 0.25) is 5.91 Å². The molecule has 1 N–H and O–H groups in total. The van der Waals surface area contributed by atoms with Gasteiger partial charge in [0.05, 0.1) is 11.4 Å². The predicted molar refractivity (Wildman–Crippen MR) is 138 cm³/mol. The van der Waals surface area contributed by atoms with E-state index in [0.717, 1.165) is 32.3 Å². The van der Waals surface area contributed by atoms with Crippen LogP contribution in [0.15, 0.2) is 44.7 Å². The van der Waals surface area contributed by atoms with E-state index in [9.17, 15) is 4.79 Å². The van der Waals surface area contributed by atoms with Crippen LogP contribution in [0.25, 0.3) is 22.6 Å². The standard InChI is InChI=1S/C22H22BrN5OS3/c1-12(2)28-20(17-9-30-14(4)13(17)3)26-27-22(28)32-11-19(29)25-21-24-18(10-31-21)15-5-7-16(23)8-6-15/h5-10,12H,11H2,1-4H3,(H,24,25,29). The van der Waals surface area contributed by atoms with Gasteiger partial charge in [0.25, 0.3) is 0 Å². The summed E-state index contributed by atoms with van der Waals surface area (Å²) in [6.07, 6.45) is 0. The lowest BCUT2D eigenvalue weighted by molar-refractivity contribution is -0.113. The minimum Gasteiger partial charge on any atom is -0.301 e. The molecule has 0 radical (unpaired) electrons. The smallest absolute Gasteiger partial charge is 0.236 e. The first-order chi connectivity index (χ1) is 15.3. The molecule has 0 saturated carbocycles. The SMILES string of the molecule is Cc1scc(-c2nnc(SCC(=O)Nc3nc(-c4ccc(Br)cc4)cs3)n2C(C)C)c1C. The van der Waals surface area contributed by atoms with Crippen molar-refractivity contribution in [3.05, 3.63) is 49.9 Å². The summed E-state index contributed by atoms with van der Waals surface area (Å²) in [7, 11) is 0. The lowest BCUT2D eigenvalue weighted by Crippen LogP contribution is -2.15. The Balaban J connectivity index is 1.43. The Labute approximate surface area is 207 Å². The minimum atomic E-state index is -0.117. The first kappa shape index (κ1) is 23.2. The number of thiophene rings is 1. The summed E-state index contributed by atoms with van der Waals surface area (Å²) >= 11 is 7.96. The molecule has 0 aliphatic carbocycles. The molecule has 10 heteroatoms. The fourth-order valence-corrected chi connectivity index (χ4v) is 5.86. The third-order valence-electron chi connectivity index (χ3n) is 4.93. The number of aromatic nitrogens is 4. The highest BCUT2D eigenvalue weighted by atomic mass is 79.9. The second kappa shape index (κ2) is 9.86. The topological polar surface area (TPSA) is 72.7 Å². The van der Waals surface area contributed by atoms with Crippen LogP contribution in [-0.2, 0) is 4.79 Å². The van der Waals surface area contributed by atoms with Crippen LogP contribution >= 0.6 is 50.4 Å². The molecule has 0 aliphatic heterocycles. The highest BCUT2D eigenvalue weighted by Crippen LogP contribution is 2.33. The number of thiazole rings is 1. The van der Waals surface area contributed by atoms with Gasteiger partial charge in [-0.2, -0.15) is 0 Å². The molecule has 1 amide bonds. The van der Waals surface area contributed by atoms with E-state index >= 15 is 0 Å². The van der Waals surface area contributed by atoms with Gasteiger partial charge in [-0.3, -0.25) is 9.36 Å². The molecule has 0 atom stereocenters. The second-order valence-electron chi connectivity index (χ2n) is 7.48. The lowest BCUT2D eigenvalue weighted by atomic mass is 10.1. The molecule has 0 aliphatic rings.